The van der Waals surface area contributed by atoms with Crippen LogP contribution in [-0.4, -0.2) is 10.4 Å². The van der Waals surface area contributed by atoms with Crippen LogP contribution in [0.2, 0.25) is 0 Å². The van der Waals surface area contributed by atoms with Gasteiger partial charge < -0.3 is 5.73 Å². The summed E-state index contributed by atoms with van der Waals surface area (Å²) in [5.41, 5.74) is 9.19. The van der Waals surface area contributed by atoms with Crippen LogP contribution in [0.15, 0.2) is 30.3 Å². The lowest BCUT2D eigenvalue weighted by molar-refractivity contribution is 0.0905. The molecule has 0 saturated heterocycles. The number of nitrogen functional groups attached to an aromatic ring is 1. The normalized spacial score (nSPS) is 17.2. The predicted octanol–water partition coefficient (Wildman–Crippen LogP) is 3.54. The van der Waals surface area contributed by atoms with Crippen molar-refractivity contribution in [1.82, 2.24) is 4.90 Å². The van der Waals surface area contributed by atoms with Gasteiger partial charge in [0.15, 0.2) is 0 Å². The van der Waals surface area contributed by atoms with Crippen LogP contribution in [-0.2, 0) is 19.5 Å². The van der Waals surface area contributed by atoms with Gasteiger partial charge >= 0.3 is 0 Å². The fourth-order valence-corrected chi connectivity index (χ4v) is 4.20. The minimum atomic E-state index is 0.0763. The summed E-state index contributed by atoms with van der Waals surface area (Å²) in [4.78, 5) is 3.72. The monoisotopic (exact) mass is 297 g/mol. The standard InChI is InChI=1S/C17H19N3S/c1-17(2)8-15-14(13(9-18)16(19)21-15)11-20(17)10-12-6-4-3-5-7-12/h3-7H,8,10-11,19H2,1-2H3. The first-order valence-corrected chi connectivity index (χ1v) is 7.92. The second kappa shape index (κ2) is 5.18. The summed E-state index contributed by atoms with van der Waals surface area (Å²) in [6.45, 7) is 6.23. The van der Waals surface area contributed by atoms with Crippen LogP contribution in [0.4, 0.5) is 5.00 Å². The molecule has 2 N–H and O–H groups in total. The van der Waals surface area contributed by atoms with Crippen LogP contribution < -0.4 is 5.73 Å². The molecule has 1 aliphatic heterocycles. The van der Waals surface area contributed by atoms with Gasteiger partial charge in [-0.1, -0.05) is 30.3 Å². The molecule has 0 atom stereocenters. The lowest BCUT2D eigenvalue weighted by Gasteiger charge is -2.42. The molecule has 0 unspecified atom stereocenters. The molecule has 0 amide bonds. The van der Waals surface area contributed by atoms with Crippen LogP contribution >= 0.6 is 11.3 Å². The Hall–Kier alpha value is -1.83. The molecule has 0 radical (unpaired) electrons. The van der Waals surface area contributed by atoms with E-state index >= 15 is 0 Å². The van der Waals surface area contributed by atoms with Gasteiger partial charge in [0, 0.05) is 35.5 Å². The van der Waals surface area contributed by atoms with E-state index in [1.807, 2.05) is 6.07 Å². The third-order valence-corrected chi connectivity index (χ3v) is 5.31. The van der Waals surface area contributed by atoms with E-state index in [0.29, 0.717) is 10.6 Å². The zero-order valence-corrected chi connectivity index (χ0v) is 13.2. The quantitative estimate of drug-likeness (QED) is 0.922. The second-order valence-electron chi connectivity index (χ2n) is 6.19. The number of hydrogen-bond donors (Lipinski definition) is 1. The highest BCUT2D eigenvalue weighted by molar-refractivity contribution is 7.16. The summed E-state index contributed by atoms with van der Waals surface area (Å²) >= 11 is 1.58. The first-order valence-electron chi connectivity index (χ1n) is 7.10. The molecule has 2 heterocycles. The fourth-order valence-electron chi connectivity index (χ4n) is 2.95. The number of rotatable bonds is 2. The highest BCUT2D eigenvalue weighted by Gasteiger charge is 2.35. The van der Waals surface area contributed by atoms with Crippen molar-refractivity contribution in [2.24, 2.45) is 0 Å². The van der Waals surface area contributed by atoms with Crippen molar-refractivity contribution < 1.29 is 0 Å². The first-order chi connectivity index (χ1) is 10.0. The van der Waals surface area contributed by atoms with Crippen molar-refractivity contribution in [1.29, 1.82) is 5.26 Å². The highest BCUT2D eigenvalue weighted by Crippen LogP contribution is 2.40. The topological polar surface area (TPSA) is 53.1 Å². The summed E-state index contributed by atoms with van der Waals surface area (Å²) in [5.74, 6) is 0. The Morgan fingerprint density at radius 2 is 2.05 bits per heavy atom. The second-order valence-corrected chi connectivity index (χ2v) is 7.32. The molecule has 1 aliphatic rings. The third kappa shape index (κ3) is 2.55. The van der Waals surface area contributed by atoms with Gasteiger partial charge in [-0.2, -0.15) is 5.26 Å². The summed E-state index contributed by atoms with van der Waals surface area (Å²) in [6.07, 6.45) is 0.950. The van der Waals surface area contributed by atoms with E-state index in [9.17, 15) is 5.26 Å². The number of benzene rings is 1. The van der Waals surface area contributed by atoms with E-state index in [1.165, 1.54) is 10.4 Å². The number of nitriles is 1. The van der Waals surface area contributed by atoms with Crippen molar-refractivity contribution >= 4 is 16.3 Å². The van der Waals surface area contributed by atoms with Crippen molar-refractivity contribution in [3.63, 3.8) is 0 Å². The molecular formula is C17H19N3S. The van der Waals surface area contributed by atoms with Crippen LogP contribution in [0.5, 0.6) is 0 Å². The number of hydrogen-bond acceptors (Lipinski definition) is 4. The van der Waals surface area contributed by atoms with E-state index in [1.54, 1.807) is 11.3 Å². The Labute approximate surface area is 129 Å². The molecular weight excluding hydrogens is 278 g/mol. The smallest absolute Gasteiger partial charge is 0.104 e. The zero-order valence-electron chi connectivity index (χ0n) is 12.4. The average molecular weight is 297 g/mol. The maximum atomic E-state index is 9.33. The zero-order chi connectivity index (χ0) is 15.0. The van der Waals surface area contributed by atoms with Crippen LogP contribution in [0.3, 0.4) is 0 Å². The van der Waals surface area contributed by atoms with Gasteiger partial charge in [-0.3, -0.25) is 4.90 Å². The lowest BCUT2D eigenvalue weighted by Crippen LogP contribution is -2.47. The minimum Gasteiger partial charge on any atom is -0.389 e. The molecule has 108 valence electrons. The molecule has 1 aromatic carbocycles. The van der Waals surface area contributed by atoms with Gasteiger partial charge in [0.2, 0.25) is 0 Å². The molecule has 4 heteroatoms. The summed E-state index contributed by atoms with van der Waals surface area (Å²) < 4.78 is 0. The first kappa shape index (κ1) is 14.1. The average Bonchev–Trinajstić information content (AvgIpc) is 2.74. The van der Waals surface area contributed by atoms with Gasteiger partial charge in [-0.15, -0.1) is 11.3 Å². The number of fused-ring (bicyclic) bond motifs is 1. The van der Waals surface area contributed by atoms with Crippen LogP contribution in [0.25, 0.3) is 0 Å². The van der Waals surface area contributed by atoms with Crippen molar-refractivity contribution in [2.45, 2.75) is 38.9 Å². The molecule has 1 aromatic heterocycles. The number of thiophene rings is 1. The van der Waals surface area contributed by atoms with Crippen LogP contribution in [0, 0.1) is 11.3 Å². The molecule has 3 nitrogen and oxygen atoms in total. The largest absolute Gasteiger partial charge is 0.389 e. The fraction of sp³-hybridized carbons (Fsp3) is 0.353. The Bertz CT molecular complexity index is 695. The third-order valence-electron chi connectivity index (χ3n) is 4.24. The maximum Gasteiger partial charge on any atom is 0.104 e. The van der Waals surface area contributed by atoms with Crippen molar-refractivity contribution in [2.75, 3.05) is 5.73 Å². The van der Waals surface area contributed by atoms with Gasteiger partial charge in [0.1, 0.15) is 11.1 Å². The Balaban J connectivity index is 1.94. The minimum absolute atomic E-state index is 0.0763. The molecule has 0 aliphatic carbocycles. The van der Waals surface area contributed by atoms with E-state index in [-0.39, 0.29) is 5.54 Å². The van der Waals surface area contributed by atoms with Crippen LogP contribution in [0.1, 0.15) is 35.4 Å². The summed E-state index contributed by atoms with van der Waals surface area (Å²) in [5, 5.41) is 9.99. The lowest BCUT2D eigenvalue weighted by atomic mass is 9.89. The Morgan fingerprint density at radius 3 is 2.71 bits per heavy atom. The van der Waals surface area contributed by atoms with Gasteiger partial charge in [-0.25, -0.2) is 0 Å². The van der Waals surface area contributed by atoms with Crippen molar-refractivity contribution in [3.05, 3.63) is 51.9 Å². The van der Waals surface area contributed by atoms with E-state index in [2.05, 4.69) is 49.1 Å². The molecule has 0 spiro atoms. The molecule has 21 heavy (non-hydrogen) atoms. The molecule has 0 saturated carbocycles. The Kier molecular flexibility index (Phi) is 3.48. The van der Waals surface area contributed by atoms with Gasteiger partial charge in [0.05, 0.1) is 5.56 Å². The number of nitrogens with zero attached hydrogens (tertiary/aromatic N) is 2. The summed E-state index contributed by atoms with van der Waals surface area (Å²) in [7, 11) is 0. The molecule has 0 bridgehead atoms. The van der Waals surface area contributed by atoms with Gasteiger partial charge in [0.25, 0.3) is 0 Å². The predicted molar refractivity (Wildman–Crippen MR) is 86.9 cm³/mol. The van der Waals surface area contributed by atoms with Crippen molar-refractivity contribution in [3.8, 4) is 6.07 Å². The van der Waals surface area contributed by atoms with E-state index in [0.717, 1.165) is 25.1 Å². The molecule has 2 aromatic rings. The number of anilines is 1. The highest BCUT2D eigenvalue weighted by atomic mass is 32.1. The number of nitrogens with two attached hydrogens (primary N) is 1. The van der Waals surface area contributed by atoms with E-state index in [4.69, 9.17) is 5.73 Å². The molecule has 0 fully saturated rings. The Morgan fingerprint density at radius 1 is 1.33 bits per heavy atom. The van der Waals surface area contributed by atoms with Gasteiger partial charge in [-0.05, 0) is 19.4 Å². The maximum absolute atomic E-state index is 9.33. The molecule has 3 rings (SSSR count). The van der Waals surface area contributed by atoms with E-state index < -0.39 is 0 Å². The summed E-state index contributed by atoms with van der Waals surface area (Å²) in [6, 6.07) is 12.8. The SMILES string of the molecule is CC1(C)Cc2sc(N)c(C#N)c2CN1Cc1ccccc1.